The number of carbonyl (C=O) groups is 1. The molecule has 0 N–H and O–H groups in total. The van der Waals surface area contributed by atoms with Crippen molar-refractivity contribution >= 4 is 6.29 Å². The van der Waals surface area contributed by atoms with Crippen molar-refractivity contribution in [1.82, 2.24) is 0 Å². The van der Waals surface area contributed by atoms with E-state index in [1.165, 1.54) is 25.7 Å². The summed E-state index contributed by atoms with van der Waals surface area (Å²) in [4.78, 5) is 10.0. The average molecular weight is 220 g/mol. The van der Waals surface area contributed by atoms with Crippen molar-refractivity contribution in [2.75, 3.05) is 0 Å². The lowest BCUT2D eigenvalue weighted by atomic mass is 10.2. The van der Waals surface area contributed by atoms with Gasteiger partial charge in [-0.15, -0.1) is 0 Å². The van der Waals surface area contributed by atoms with Crippen LogP contribution in [0.2, 0.25) is 0 Å². The van der Waals surface area contributed by atoms with Gasteiger partial charge < -0.3 is 4.79 Å². The van der Waals surface area contributed by atoms with Crippen LogP contribution in [0, 0.1) is 0 Å². The molecule has 0 aromatic rings. The first-order valence-corrected chi connectivity index (χ1v) is 6.30. The summed E-state index contributed by atoms with van der Waals surface area (Å²) in [5.74, 6) is 0. The molecule has 0 amide bonds. The summed E-state index contributed by atoms with van der Waals surface area (Å²) in [6, 6.07) is 0. The Balaban J connectivity index is 3.29. The van der Waals surface area contributed by atoms with E-state index in [4.69, 9.17) is 0 Å². The smallest absolute Gasteiger partial charge is 0.123 e. The first-order valence-electron chi connectivity index (χ1n) is 6.30. The molecule has 0 atom stereocenters. The molecule has 0 aliphatic carbocycles. The number of hydrogen-bond donors (Lipinski definition) is 0. The molecule has 90 valence electrons. The quantitative estimate of drug-likeness (QED) is 0.298. The van der Waals surface area contributed by atoms with E-state index in [-0.39, 0.29) is 0 Å². The van der Waals surface area contributed by atoms with Crippen LogP contribution >= 0.6 is 0 Å². The zero-order valence-electron chi connectivity index (χ0n) is 10.4. The van der Waals surface area contributed by atoms with Gasteiger partial charge in [0.15, 0.2) is 0 Å². The minimum absolute atomic E-state index is 0.533. The molecule has 0 saturated carbocycles. The van der Waals surface area contributed by atoms with Crippen LogP contribution in [0.25, 0.3) is 0 Å². The van der Waals surface area contributed by atoms with Crippen LogP contribution in [0.3, 0.4) is 0 Å². The molecule has 0 rings (SSSR count). The van der Waals surface area contributed by atoms with E-state index in [1.807, 2.05) is 12.2 Å². The fourth-order valence-corrected chi connectivity index (χ4v) is 1.32. The lowest BCUT2D eigenvalue weighted by molar-refractivity contribution is -0.107. The molecule has 1 heteroatoms. The Morgan fingerprint density at radius 1 is 0.750 bits per heavy atom. The standard InChI is InChI=1S/C15H24O/c1-2-3-4-5-6-7-8-9-10-11-12-13-14-15-16/h6-7,9-10,12-13,15H,2-5,8,11,14H2,1H3/b7-6+,10-9+,13-12+. The van der Waals surface area contributed by atoms with Crippen LogP contribution < -0.4 is 0 Å². The van der Waals surface area contributed by atoms with E-state index in [0.717, 1.165) is 19.1 Å². The summed E-state index contributed by atoms with van der Waals surface area (Å²) in [7, 11) is 0. The summed E-state index contributed by atoms with van der Waals surface area (Å²) in [6.45, 7) is 2.23. The lowest BCUT2D eigenvalue weighted by Gasteiger charge is -1.90. The SMILES string of the molecule is CCCCC/C=C/C/C=C/C/C=C/CC=O. The van der Waals surface area contributed by atoms with Crippen molar-refractivity contribution in [3.8, 4) is 0 Å². The zero-order chi connectivity index (χ0) is 11.9. The third-order valence-corrected chi connectivity index (χ3v) is 2.25. The molecule has 1 nitrogen and oxygen atoms in total. The highest BCUT2D eigenvalue weighted by Gasteiger charge is 1.80. The van der Waals surface area contributed by atoms with Gasteiger partial charge in [0.1, 0.15) is 6.29 Å². The van der Waals surface area contributed by atoms with Crippen molar-refractivity contribution < 1.29 is 4.79 Å². The average Bonchev–Trinajstić information content (AvgIpc) is 2.31. The molecular weight excluding hydrogens is 196 g/mol. The minimum atomic E-state index is 0.533. The maximum absolute atomic E-state index is 10.0. The van der Waals surface area contributed by atoms with Gasteiger partial charge in [-0.05, 0) is 25.7 Å². The highest BCUT2D eigenvalue weighted by atomic mass is 16.1. The van der Waals surface area contributed by atoms with Crippen molar-refractivity contribution in [2.45, 2.75) is 51.9 Å². The Hall–Kier alpha value is -1.11. The molecule has 0 bridgehead atoms. The van der Waals surface area contributed by atoms with Crippen LogP contribution in [-0.2, 0) is 4.79 Å². The monoisotopic (exact) mass is 220 g/mol. The van der Waals surface area contributed by atoms with Gasteiger partial charge in [-0.1, -0.05) is 56.2 Å². The Labute approximate surface area is 99.9 Å². The molecule has 0 spiro atoms. The molecule has 0 heterocycles. The Bertz CT molecular complexity index is 224. The second kappa shape index (κ2) is 13.9. The van der Waals surface area contributed by atoms with E-state index >= 15 is 0 Å². The molecule has 0 aliphatic heterocycles. The number of carbonyl (C=O) groups excluding carboxylic acids is 1. The van der Waals surface area contributed by atoms with Crippen LogP contribution in [0.5, 0.6) is 0 Å². The van der Waals surface area contributed by atoms with Gasteiger partial charge in [0.2, 0.25) is 0 Å². The zero-order valence-corrected chi connectivity index (χ0v) is 10.4. The van der Waals surface area contributed by atoms with E-state index in [1.54, 1.807) is 0 Å². The Morgan fingerprint density at radius 2 is 1.31 bits per heavy atom. The van der Waals surface area contributed by atoms with Crippen molar-refractivity contribution in [3.05, 3.63) is 36.5 Å². The van der Waals surface area contributed by atoms with Gasteiger partial charge in [0, 0.05) is 6.42 Å². The van der Waals surface area contributed by atoms with Gasteiger partial charge in [0.25, 0.3) is 0 Å². The Morgan fingerprint density at radius 3 is 1.88 bits per heavy atom. The van der Waals surface area contributed by atoms with Gasteiger partial charge in [0.05, 0.1) is 0 Å². The topological polar surface area (TPSA) is 17.1 Å². The molecule has 0 unspecified atom stereocenters. The van der Waals surface area contributed by atoms with E-state index < -0.39 is 0 Å². The molecule has 0 radical (unpaired) electrons. The largest absolute Gasteiger partial charge is 0.303 e. The summed E-state index contributed by atoms with van der Waals surface area (Å²) in [5.41, 5.74) is 0. The predicted molar refractivity (Wildman–Crippen MR) is 71.5 cm³/mol. The predicted octanol–water partition coefficient (Wildman–Crippen LogP) is 4.60. The number of allylic oxidation sites excluding steroid dienone is 6. The maximum atomic E-state index is 10.0. The maximum Gasteiger partial charge on any atom is 0.123 e. The van der Waals surface area contributed by atoms with Crippen molar-refractivity contribution in [3.63, 3.8) is 0 Å². The second-order valence-electron chi connectivity index (χ2n) is 3.78. The number of unbranched alkanes of at least 4 members (excludes halogenated alkanes) is 3. The first kappa shape index (κ1) is 14.9. The normalized spacial score (nSPS) is 12.1. The summed E-state index contributed by atoms with van der Waals surface area (Å²) >= 11 is 0. The van der Waals surface area contributed by atoms with Crippen molar-refractivity contribution in [1.29, 1.82) is 0 Å². The summed E-state index contributed by atoms with van der Waals surface area (Å²) in [5, 5.41) is 0. The molecule has 0 aromatic heterocycles. The summed E-state index contributed by atoms with van der Waals surface area (Å²) in [6.07, 6.45) is 21.3. The molecule has 0 aliphatic rings. The third-order valence-electron chi connectivity index (χ3n) is 2.25. The van der Waals surface area contributed by atoms with Crippen LogP contribution in [0.4, 0.5) is 0 Å². The van der Waals surface area contributed by atoms with Gasteiger partial charge >= 0.3 is 0 Å². The van der Waals surface area contributed by atoms with E-state index in [0.29, 0.717) is 6.42 Å². The minimum Gasteiger partial charge on any atom is -0.303 e. The number of hydrogen-bond acceptors (Lipinski definition) is 1. The second-order valence-corrected chi connectivity index (χ2v) is 3.78. The van der Waals surface area contributed by atoms with Gasteiger partial charge in [-0.25, -0.2) is 0 Å². The highest BCUT2D eigenvalue weighted by molar-refractivity contribution is 5.51. The van der Waals surface area contributed by atoms with E-state index in [2.05, 4.69) is 31.2 Å². The molecule has 0 aromatic carbocycles. The van der Waals surface area contributed by atoms with Gasteiger partial charge in [-0.2, -0.15) is 0 Å². The molecular formula is C15H24O. The van der Waals surface area contributed by atoms with Crippen molar-refractivity contribution in [2.24, 2.45) is 0 Å². The Kier molecular flexibility index (Phi) is 12.9. The molecule has 0 saturated heterocycles. The van der Waals surface area contributed by atoms with Crippen LogP contribution in [0.15, 0.2) is 36.5 Å². The third kappa shape index (κ3) is 12.9. The molecule has 16 heavy (non-hydrogen) atoms. The molecule has 0 fully saturated rings. The van der Waals surface area contributed by atoms with E-state index in [9.17, 15) is 4.79 Å². The highest BCUT2D eigenvalue weighted by Crippen LogP contribution is 2.00. The van der Waals surface area contributed by atoms with Crippen LogP contribution in [0.1, 0.15) is 51.9 Å². The number of rotatable bonds is 10. The number of aldehydes is 1. The fraction of sp³-hybridized carbons (Fsp3) is 0.533. The first-order chi connectivity index (χ1) is 7.91. The van der Waals surface area contributed by atoms with Gasteiger partial charge in [-0.3, -0.25) is 0 Å². The fourth-order valence-electron chi connectivity index (χ4n) is 1.32. The van der Waals surface area contributed by atoms with Crippen LogP contribution in [-0.4, -0.2) is 6.29 Å². The lowest BCUT2D eigenvalue weighted by Crippen LogP contribution is -1.70. The summed E-state index contributed by atoms with van der Waals surface area (Å²) < 4.78 is 0.